The molecule has 1 aromatic heterocycles. The Morgan fingerprint density at radius 3 is 2.79 bits per heavy atom. The molecule has 3 heteroatoms. The van der Waals surface area contributed by atoms with E-state index in [9.17, 15) is 0 Å². The van der Waals surface area contributed by atoms with Crippen molar-refractivity contribution in [1.29, 1.82) is 0 Å². The fraction of sp³-hybridized carbons (Fsp3) is 0.312. The van der Waals surface area contributed by atoms with E-state index < -0.39 is 0 Å². The SMILES string of the molecule is Cc1cccc2cc(C=C(CN)C(C)C)c(Cl)nc12. The Morgan fingerprint density at radius 1 is 1.42 bits per heavy atom. The van der Waals surface area contributed by atoms with E-state index in [4.69, 9.17) is 17.3 Å². The second kappa shape index (κ2) is 5.72. The fourth-order valence-corrected chi connectivity index (χ4v) is 2.30. The molecule has 0 atom stereocenters. The third kappa shape index (κ3) is 2.96. The van der Waals surface area contributed by atoms with Crippen molar-refractivity contribution in [3.8, 4) is 0 Å². The Morgan fingerprint density at radius 2 is 2.16 bits per heavy atom. The Hall–Kier alpha value is -1.38. The van der Waals surface area contributed by atoms with Gasteiger partial charge in [-0.25, -0.2) is 4.98 Å². The Bertz CT molecular complexity index is 630. The number of nitrogens with two attached hydrogens (primary N) is 1. The molecule has 0 aliphatic rings. The summed E-state index contributed by atoms with van der Waals surface area (Å²) in [6.07, 6.45) is 2.06. The lowest BCUT2D eigenvalue weighted by Crippen LogP contribution is -2.08. The monoisotopic (exact) mass is 274 g/mol. The highest BCUT2D eigenvalue weighted by molar-refractivity contribution is 6.31. The van der Waals surface area contributed by atoms with Gasteiger partial charge < -0.3 is 5.73 Å². The Kier molecular flexibility index (Phi) is 4.23. The van der Waals surface area contributed by atoms with E-state index in [1.54, 1.807) is 0 Å². The minimum Gasteiger partial charge on any atom is -0.327 e. The van der Waals surface area contributed by atoms with Crippen molar-refractivity contribution in [3.63, 3.8) is 0 Å². The van der Waals surface area contributed by atoms with E-state index in [2.05, 4.69) is 37.0 Å². The van der Waals surface area contributed by atoms with Gasteiger partial charge in [-0.3, -0.25) is 0 Å². The molecular formula is C16H19ClN2. The first-order chi connectivity index (χ1) is 9.02. The highest BCUT2D eigenvalue weighted by atomic mass is 35.5. The summed E-state index contributed by atoms with van der Waals surface area (Å²) in [4.78, 5) is 4.50. The molecule has 0 spiro atoms. The maximum Gasteiger partial charge on any atom is 0.137 e. The molecular weight excluding hydrogens is 256 g/mol. The van der Waals surface area contributed by atoms with Gasteiger partial charge >= 0.3 is 0 Å². The zero-order chi connectivity index (χ0) is 14.0. The zero-order valence-corrected chi connectivity index (χ0v) is 12.3. The van der Waals surface area contributed by atoms with Gasteiger partial charge in [0.15, 0.2) is 0 Å². The van der Waals surface area contributed by atoms with E-state index >= 15 is 0 Å². The van der Waals surface area contributed by atoms with E-state index in [0.717, 1.165) is 22.0 Å². The Labute approximate surface area is 119 Å². The molecule has 1 heterocycles. The topological polar surface area (TPSA) is 38.9 Å². The van der Waals surface area contributed by atoms with Gasteiger partial charge in [0.2, 0.25) is 0 Å². The summed E-state index contributed by atoms with van der Waals surface area (Å²) < 4.78 is 0. The van der Waals surface area contributed by atoms with Gasteiger partial charge in [-0.1, -0.05) is 55.3 Å². The van der Waals surface area contributed by atoms with Gasteiger partial charge in [0.25, 0.3) is 0 Å². The minimum atomic E-state index is 0.411. The zero-order valence-electron chi connectivity index (χ0n) is 11.6. The summed E-state index contributed by atoms with van der Waals surface area (Å²) in [6, 6.07) is 8.21. The molecule has 2 rings (SSSR count). The van der Waals surface area contributed by atoms with E-state index in [0.29, 0.717) is 17.6 Å². The van der Waals surface area contributed by atoms with Crippen molar-refractivity contribution < 1.29 is 0 Å². The molecule has 100 valence electrons. The number of halogens is 1. The first-order valence-corrected chi connectivity index (χ1v) is 6.87. The van der Waals surface area contributed by atoms with Crippen molar-refractivity contribution >= 4 is 28.6 Å². The fourth-order valence-electron chi connectivity index (χ4n) is 2.10. The third-order valence-corrected chi connectivity index (χ3v) is 3.65. The number of aryl methyl sites for hydroxylation is 1. The molecule has 0 radical (unpaired) electrons. The van der Waals surface area contributed by atoms with Crippen LogP contribution in [0, 0.1) is 12.8 Å². The summed E-state index contributed by atoms with van der Waals surface area (Å²) in [5.74, 6) is 0.411. The number of hydrogen-bond donors (Lipinski definition) is 1. The van der Waals surface area contributed by atoms with Crippen molar-refractivity contribution in [2.45, 2.75) is 20.8 Å². The van der Waals surface area contributed by atoms with Gasteiger partial charge in [-0.15, -0.1) is 0 Å². The predicted octanol–water partition coefficient (Wildman–Crippen LogP) is 4.19. The van der Waals surface area contributed by atoms with Crippen LogP contribution in [0.3, 0.4) is 0 Å². The second-order valence-corrected chi connectivity index (χ2v) is 5.45. The standard InChI is InChI=1S/C16H19ClN2/c1-10(2)14(9-18)8-13-7-12-6-4-5-11(3)15(12)19-16(13)17/h4-8,10H,9,18H2,1-3H3. The van der Waals surface area contributed by atoms with Crippen LogP contribution in [-0.2, 0) is 0 Å². The molecule has 2 aromatic rings. The van der Waals surface area contributed by atoms with Crippen LogP contribution in [0.4, 0.5) is 0 Å². The maximum atomic E-state index is 6.28. The number of benzene rings is 1. The lowest BCUT2D eigenvalue weighted by atomic mass is 10.0. The third-order valence-electron chi connectivity index (χ3n) is 3.35. The molecule has 0 amide bonds. The molecule has 0 saturated carbocycles. The summed E-state index contributed by atoms with van der Waals surface area (Å²) in [5.41, 5.74) is 9.99. The maximum absolute atomic E-state index is 6.28. The van der Waals surface area contributed by atoms with Crippen LogP contribution in [-0.4, -0.2) is 11.5 Å². The highest BCUT2D eigenvalue weighted by Crippen LogP contribution is 2.25. The predicted molar refractivity (Wildman–Crippen MR) is 83.4 cm³/mol. The summed E-state index contributed by atoms with van der Waals surface area (Å²) in [7, 11) is 0. The highest BCUT2D eigenvalue weighted by Gasteiger charge is 2.07. The summed E-state index contributed by atoms with van der Waals surface area (Å²) in [5, 5.41) is 1.64. The lowest BCUT2D eigenvalue weighted by Gasteiger charge is -2.10. The normalized spacial score (nSPS) is 12.4. The van der Waals surface area contributed by atoms with Crippen molar-refractivity contribution in [2.24, 2.45) is 11.7 Å². The van der Waals surface area contributed by atoms with Crippen molar-refractivity contribution in [1.82, 2.24) is 4.98 Å². The number of para-hydroxylation sites is 1. The molecule has 2 nitrogen and oxygen atoms in total. The van der Waals surface area contributed by atoms with E-state index in [-0.39, 0.29) is 0 Å². The molecule has 0 aliphatic carbocycles. The van der Waals surface area contributed by atoms with Gasteiger partial charge in [0.1, 0.15) is 5.15 Å². The average molecular weight is 275 g/mol. The molecule has 0 saturated heterocycles. The van der Waals surface area contributed by atoms with Crippen molar-refractivity contribution in [2.75, 3.05) is 6.54 Å². The van der Waals surface area contributed by atoms with Crippen LogP contribution in [0.5, 0.6) is 0 Å². The number of rotatable bonds is 3. The van der Waals surface area contributed by atoms with Crippen LogP contribution >= 0.6 is 11.6 Å². The molecule has 2 N–H and O–H groups in total. The van der Waals surface area contributed by atoms with E-state index in [1.807, 2.05) is 19.1 Å². The number of aromatic nitrogens is 1. The number of pyridine rings is 1. The first-order valence-electron chi connectivity index (χ1n) is 6.49. The minimum absolute atomic E-state index is 0.411. The molecule has 19 heavy (non-hydrogen) atoms. The molecule has 0 aliphatic heterocycles. The van der Waals surface area contributed by atoms with Gasteiger partial charge in [-0.2, -0.15) is 0 Å². The number of nitrogens with zero attached hydrogens (tertiary/aromatic N) is 1. The second-order valence-electron chi connectivity index (χ2n) is 5.09. The summed E-state index contributed by atoms with van der Waals surface area (Å²) >= 11 is 6.28. The van der Waals surface area contributed by atoms with Gasteiger partial charge in [-0.05, 0) is 24.5 Å². The van der Waals surface area contributed by atoms with Gasteiger partial charge in [0.05, 0.1) is 5.52 Å². The molecule has 0 unspecified atom stereocenters. The summed E-state index contributed by atoms with van der Waals surface area (Å²) in [6.45, 7) is 6.84. The number of hydrogen-bond acceptors (Lipinski definition) is 2. The first kappa shape index (κ1) is 14.0. The molecule has 1 aromatic carbocycles. The van der Waals surface area contributed by atoms with Gasteiger partial charge in [0, 0.05) is 17.5 Å². The molecule has 0 fully saturated rings. The number of fused-ring (bicyclic) bond motifs is 1. The van der Waals surface area contributed by atoms with Crippen molar-refractivity contribution in [3.05, 3.63) is 46.1 Å². The largest absolute Gasteiger partial charge is 0.327 e. The van der Waals surface area contributed by atoms with E-state index in [1.165, 1.54) is 5.57 Å². The van der Waals surface area contributed by atoms with Crippen LogP contribution in [0.1, 0.15) is 25.0 Å². The van der Waals surface area contributed by atoms with Crippen LogP contribution < -0.4 is 5.73 Å². The van der Waals surface area contributed by atoms with Crippen LogP contribution in [0.15, 0.2) is 29.8 Å². The smallest absolute Gasteiger partial charge is 0.137 e. The van der Waals surface area contributed by atoms with Crippen LogP contribution in [0.25, 0.3) is 17.0 Å². The lowest BCUT2D eigenvalue weighted by molar-refractivity contribution is 0.752. The quantitative estimate of drug-likeness (QED) is 0.852. The Balaban J connectivity index is 2.59. The average Bonchev–Trinajstić information content (AvgIpc) is 2.37. The van der Waals surface area contributed by atoms with Crippen LogP contribution in [0.2, 0.25) is 5.15 Å². The molecule has 0 bridgehead atoms.